The zero-order valence-electron chi connectivity index (χ0n) is 13.0. The number of aromatic amines is 1. The van der Waals surface area contributed by atoms with Gasteiger partial charge in [-0.05, 0) is 25.8 Å². The largest absolute Gasteiger partial charge is 0.337 e. The maximum atomic E-state index is 13.0. The smallest absolute Gasteiger partial charge is 0.275 e. The molecule has 1 atom stereocenters. The van der Waals surface area contributed by atoms with E-state index in [2.05, 4.69) is 20.3 Å². The molecule has 1 unspecified atom stereocenters. The number of rotatable bonds is 2. The van der Waals surface area contributed by atoms with Gasteiger partial charge in [-0.15, -0.1) is 0 Å². The summed E-state index contributed by atoms with van der Waals surface area (Å²) in [4.78, 5) is 30.8. The summed E-state index contributed by atoms with van der Waals surface area (Å²) in [6.07, 6.45) is 1.60. The molecule has 0 radical (unpaired) electrons. The van der Waals surface area contributed by atoms with Crippen LogP contribution in [0.15, 0.2) is 33.6 Å². The minimum Gasteiger partial charge on any atom is -0.337 e. The van der Waals surface area contributed by atoms with Gasteiger partial charge in [-0.25, -0.2) is 5.10 Å². The molecule has 0 saturated carbocycles. The van der Waals surface area contributed by atoms with Crippen LogP contribution in [-0.2, 0) is 0 Å². The number of nitrogens with zero attached hydrogens (tertiary/aromatic N) is 4. The molecule has 4 rings (SSSR count). The van der Waals surface area contributed by atoms with Gasteiger partial charge < -0.3 is 9.42 Å². The lowest BCUT2D eigenvalue weighted by atomic mass is 10.1. The Morgan fingerprint density at radius 2 is 2.12 bits per heavy atom. The van der Waals surface area contributed by atoms with Crippen molar-refractivity contribution in [3.8, 4) is 0 Å². The van der Waals surface area contributed by atoms with E-state index in [1.54, 1.807) is 36.1 Å². The molecule has 1 saturated heterocycles. The van der Waals surface area contributed by atoms with E-state index in [1.165, 1.54) is 0 Å². The minimum absolute atomic E-state index is 0.230. The highest BCUT2D eigenvalue weighted by atomic mass is 16.5. The van der Waals surface area contributed by atoms with Crippen molar-refractivity contribution in [1.82, 2.24) is 25.2 Å². The number of nitrogens with one attached hydrogen (secondary N) is 1. The van der Waals surface area contributed by atoms with Crippen LogP contribution < -0.4 is 5.56 Å². The summed E-state index contributed by atoms with van der Waals surface area (Å²) in [5.41, 5.74) is -0.0824. The molecule has 3 aromatic rings. The van der Waals surface area contributed by atoms with Crippen molar-refractivity contribution in [2.75, 3.05) is 6.54 Å². The number of carbonyl (C=O) groups excluding carboxylic acids is 1. The Hall–Kier alpha value is -3.03. The summed E-state index contributed by atoms with van der Waals surface area (Å²) >= 11 is 0. The predicted molar refractivity (Wildman–Crippen MR) is 84.4 cm³/mol. The fraction of sp³-hybridized carbons (Fsp3) is 0.312. The molecule has 3 heterocycles. The number of likely N-dealkylation sites (tertiary alicyclic amines) is 1. The molecule has 0 bridgehead atoms. The van der Waals surface area contributed by atoms with E-state index in [4.69, 9.17) is 4.52 Å². The Kier molecular flexibility index (Phi) is 3.37. The molecule has 2 aromatic heterocycles. The molecule has 8 heteroatoms. The lowest BCUT2D eigenvalue weighted by molar-refractivity contribution is 0.0705. The molecule has 122 valence electrons. The fourth-order valence-electron chi connectivity index (χ4n) is 3.13. The van der Waals surface area contributed by atoms with Crippen LogP contribution in [0.5, 0.6) is 0 Å². The summed E-state index contributed by atoms with van der Waals surface area (Å²) in [6, 6.07) is 6.68. The van der Waals surface area contributed by atoms with Crippen LogP contribution in [-0.4, -0.2) is 37.7 Å². The minimum atomic E-state index is -0.312. The van der Waals surface area contributed by atoms with E-state index >= 15 is 0 Å². The van der Waals surface area contributed by atoms with Gasteiger partial charge in [0.15, 0.2) is 11.5 Å². The highest BCUT2D eigenvalue weighted by Gasteiger charge is 2.35. The highest BCUT2D eigenvalue weighted by molar-refractivity contribution is 6.04. The lowest BCUT2D eigenvalue weighted by Crippen LogP contribution is -2.32. The van der Waals surface area contributed by atoms with Crippen molar-refractivity contribution < 1.29 is 9.32 Å². The Morgan fingerprint density at radius 3 is 2.88 bits per heavy atom. The van der Waals surface area contributed by atoms with Gasteiger partial charge in [0.05, 0.1) is 5.39 Å². The Bertz CT molecular complexity index is 977. The van der Waals surface area contributed by atoms with Crippen molar-refractivity contribution in [2.45, 2.75) is 25.8 Å². The van der Waals surface area contributed by atoms with Gasteiger partial charge in [0.25, 0.3) is 11.5 Å². The molecular weight excluding hydrogens is 310 g/mol. The Balaban J connectivity index is 1.76. The number of hydrogen-bond acceptors (Lipinski definition) is 6. The van der Waals surface area contributed by atoms with Crippen molar-refractivity contribution in [2.24, 2.45) is 0 Å². The first-order valence-electron chi connectivity index (χ1n) is 7.74. The maximum Gasteiger partial charge on any atom is 0.275 e. The molecule has 24 heavy (non-hydrogen) atoms. The van der Waals surface area contributed by atoms with Gasteiger partial charge >= 0.3 is 0 Å². The van der Waals surface area contributed by atoms with Gasteiger partial charge in [0.2, 0.25) is 5.89 Å². The second-order valence-corrected chi connectivity index (χ2v) is 5.78. The predicted octanol–water partition coefficient (Wildman–Crippen LogP) is 1.59. The monoisotopic (exact) mass is 325 g/mol. The molecular formula is C16H15N5O3. The average molecular weight is 325 g/mol. The normalized spacial score (nSPS) is 17.5. The first kappa shape index (κ1) is 14.6. The highest BCUT2D eigenvalue weighted by Crippen LogP contribution is 2.32. The van der Waals surface area contributed by atoms with Gasteiger partial charge in [0.1, 0.15) is 6.04 Å². The lowest BCUT2D eigenvalue weighted by Gasteiger charge is -2.21. The molecule has 0 aliphatic carbocycles. The third kappa shape index (κ3) is 2.27. The van der Waals surface area contributed by atoms with E-state index in [9.17, 15) is 9.59 Å². The summed E-state index contributed by atoms with van der Waals surface area (Å²) in [5.74, 6) is 0.727. The number of H-pyrrole nitrogens is 1. The Morgan fingerprint density at radius 1 is 1.33 bits per heavy atom. The van der Waals surface area contributed by atoms with Crippen LogP contribution in [0.1, 0.15) is 41.1 Å². The third-order valence-corrected chi connectivity index (χ3v) is 4.24. The first-order valence-corrected chi connectivity index (χ1v) is 7.74. The van der Waals surface area contributed by atoms with E-state index in [0.717, 1.165) is 12.8 Å². The van der Waals surface area contributed by atoms with Crippen molar-refractivity contribution in [1.29, 1.82) is 0 Å². The Labute approximate surface area is 136 Å². The van der Waals surface area contributed by atoms with Gasteiger partial charge in [-0.3, -0.25) is 9.59 Å². The second-order valence-electron chi connectivity index (χ2n) is 5.78. The number of carbonyl (C=O) groups is 1. The van der Waals surface area contributed by atoms with Crippen LogP contribution in [0.2, 0.25) is 0 Å². The van der Waals surface area contributed by atoms with Crippen molar-refractivity contribution in [3.05, 3.63) is 52.0 Å². The molecule has 1 aliphatic rings. The molecule has 1 aromatic carbocycles. The van der Waals surface area contributed by atoms with Crippen LogP contribution in [0, 0.1) is 6.92 Å². The quantitative estimate of drug-likeness (QED) is 0.767. The second kappa shape index (κ2) is 5.55. The van der Waals surface area contributed by atoms with Crippen LogP contribution in [0.4, 0.5) is 0 Å². The zero-order valence-corrected chi connectivity index (χ0v) is 13.0. The maximum absolute atomic E-state index is 13.0. The number of benzene rings is 1. The zero-order chi connectivity index (χ0) is 16.7. The van der Waals surface area contributed by atoms with Gasteiger partial charge in [-0.2, -0.15) is 10.1 Å². The summed E-state index contributed by atoms with van der Waals surface area (Å²) < 4.78 is 5.24. The number of hydrogen-bond donors (Lipinski definition) is 1. The van der Waals surface area contributed by atoms with Crippen LogP contribution in [0.25, 0.3) is 10.8 Å². The van der Waals surface area contributed by atoms with E-state index in [1.807, 2.05) is 0 Å². The summed E-state index contributed by atoms with van der Waals surface area (Å²) in [6.45, 7) is 2.32. The van der Waals surface area contributed by atoms with E-state index < -0.39 is 0 Å². The first-order chi connectivity index (χ1) is 11.6. The van der Waals surface area contributed by atoms with Gasteiger partial charge in [0, 0.05) is 11.9 Å². The molecule has 1 fully saturated rings. The van der Waals surface area contributed by atoms with Crippen LogP contribution >= 0.6 is 0 Å². The third-order valence-electron chi connectivity index (χ3n) is 4.24. The van der Waals surface area contributed by atoms with Crippen molar-refractivity contribution >= 4 is 16.7 Å². The van der Waals surface area contributed by atoms with E-state index in [-0.39, 0.29) is 23.2 Å². The molecule has 8 nitrogen and oxygen atoms in total. The number of fused-ring (bicyclic) bond motifs is 1. The van der Waals surface area contributed by atoms with Crippen molar-refractivity contribution in [3.63, 3.8) is 0 Å². The topological polar surface area (TPSA) is 105 Å². The molecule has 0 spiro atoms. The molecule has 1 aliphatic heterocycles. The number of aryl methyl sites for hydroxylation is 1. The molecule has 1 N–H and O–H groups in total. The molecule has 1 amide bonds. The van der Waals surface area contributed by atoms with E-state index in [0.29, 0.717) is 29.0 Å². The number of aromatic nitrogens is 4. The summed E-state index contributed by atoms with van der Waals surface area (Å²) in [7, 11) is 0. The fourth-order valence-corrected chi connectivity index (χ4v) is 3.13. The number of amides is 1. The van der Waals surface area contributed by atoms with Gasteiger partial charge in [-0.1, -0.05) is 23.4 Å². The van der Waals surface area contributed by atoms with Crippen LogP contribution in [0.3, 0.4) is 0 Å². The average Bonchev–Trinajstić information content (AvgIpc) is 3.23. The standard InChI is InChI=1S/C16H15N5O3/c1-9-17-15(24-20-9)12-7-4-8-21(12)16(23)13-10-5-2-3-6-11(10)14(22)19-18-13/h2-3,5-6,12H,4,7-8H2,1H3,(H,19,22). The SMILES string of the molecule is Cc1noc(C2CCCN2C(=O)c2n[nH]c(=O)c3ccccc23)n1. The summed E-state index contributed by atoms with van der Waals surface area (Å²) in [5, 5.41) is 11.2.